The van der Waals surface area contributed by atoms with Crippen LogP contribution in [0.3, 0.4) is 0 Å². The van der Waals surface area contributed by atoms with Gasteiger partial charge in [-0.25, -0.2) is 0 Å². The molecule has 31 heavy (non-hydrogen) atoms. The average molecular weight is 457 g/mol. The van der Waals surface area contributed by atoms with Crippen molar-refractivity contribution in [2.24, 2.45) is 5.92 Å². The summed E-state index contributed by atoms with van der Waals surface area (Å²) < 4.78 is 5.67. The van der Waals surface area contributed by atoms with Gasteiger partial charge in [-0.1, -0.05) is 41.1 Å². The predicted octanol–water partition coefficient (Wildman–Crippen LogP) is 4.19. The summed E-state index contributed by atoms with van der Waals surface area (Å²) in [5.74, 6) is 0.0973. The molecule has 7 nitrogen and oxygen atoms in total. The minimum atomic E-state index is -0.435. The molecule has 2 amide bonds. The van der Waals surface area contributed by atoms with Crippen LogP contribution < -0.4 is 15.0 Å². The summed E-state index contributed by atoms with van der Waals surface area (Å²) in [4.78, 5) is 26.6. The van der Waals surface area contributed by atoms with Crippen LogP contribution in [0.4, 0.5) is 10.8 Å². The van der Waals surface area contributed by atoms with E-state index < -0.39 is 5.92 Å². The number of benzene rings is 2. The molecule has 0 saturated carbocycles. The molecule has 1 unspecified atom stereocenters. The smallest absolute Gasteiger partial charge is 0.231 e. The highest BCUT2D eigenvalue weighted by Crippen LogP contribution is 2.27. The SMILES string of the molecule is O=C(Nc1nnc(CCCOc2ccccc2)s1)C1CC(=O)N(c2ccc(Cl)cc2)C1. The first-order chi connectivity index (χ1) is 15.1. The van der Waals surface area contributed by atoms with Crippen molar-refractivity contribution in [2.75, 3.05) is 23.4 Å². The summed E-state index contributed by atoms with van der Waals surface area (Å²) in [7, 11) is 0. The molecule has 9 heteroatoms. The molecule has 0 bridgehead atoms. The van der Waals surface area contributed by atoms with Crippen LogP contribution in [0.5, 0.6) is 5.75 Å². The molecule has 1 aliphatic rings. The third-order valence-corrected chi connectivity index (χ3v) is 6.03. The molecule has 0 aliphatic carbocycles. The summed E-state index contributed by atoms with van der Waals surface area (Å²) in [5.41, 5.74) is 0.737. The highest BCUT2D eigenvalue weighted by Gasteiger charge is 2.35. The third kappa shape index (κ3) is 5.59. The van der Waals surface area contributed by atoms with Crippen molar-refractivity contribution in [1.82, 2.24) is 10.2 Å². The summed E-state index contributed by atoms with van der Waals surface area (Å²) >= 11 is 7.25. The summed E-state index contributed by atoms with van der Waals surface area (Å²) in [5, 5.41) is 12.9. The number of anilines is 2. The quantitative estimate of drug-likeness (QED) is 0.513. The van der Waals surface area contributed by atoms with Crippen LogP contribution in [-0.2, 0) is 16.0 Å². The van der Waals surface area contributed by atoms with E-state index in [1.807, 2.05) is 30.3 Å². The van der Waals surface area contributed by atoms with E-state index in [4.69, 9.17) is 16.3 Å². The number of carbonyl (C=O) groups excluding carboxylic acids is 2. The van der Waals surface area contributed by atoms with Crippen LogP contribution in [0.25, 0.3) is 0 Å². The number of nitrogens with zero attached hydrogens (tertiary/aromatic N) is 3. The maximum Gasteiger partial charge on any atom is 0.231 e. The van der Waals surface area contributed by atoms with Gasteiger partial charge in [-0.2, -0.15) is 0 Å². The molecule has 1 N–H and O–H groups in total. The van der Waals surface area contributed by atoms with E-state index in [2.05, 4.69) is 15.5 Å². The molecule has 4 rings (SSSR count). The molecule has 0 spiro atoms. The number of nitrogens with one attached hydrogen (secondary N) is 1. The van der Waals surface area contributed by atoms with Crippen molar-refractivity contribution in [2.45, 2.75) is 19.3 Å². The molecular formula is C22H21ClN4O3S. The lowest BCUT2D eigenvalue weighted by molar-refractivity contribution is -0.122. The number of halogens is 1. The van der Waals surface area contributed by atoms with Gasteiger partial charge in [0.25, 0.3) is 0 Å². The zero-order valence-electron chi connectivity index (χ0n) is 16.7. The second-order valence-corrected chi connectivity index (χ2v) is 8.64. The Balaban J connectivity index is 1.25. The Hall–Kier alpha value is -2.97. The fourth-order valence-electron chi connectivity index (χ4n) is 3.30. The molecule has 1 saturated heterocycles. The second kappa shape index (κ2) is 9.89. The molecule has 3 aromatic rings. The van der Waals surface area contributed by atoms with Crippen LogP contribution in [0.2, 0.25) is 5.02 Å². The predicted molar refractivity (Wildman–Crippen MR) is 121 cm³/mol. The second-order valence-electron chi connectivity index (χ2n) is 7.14. The lowest BCUT2D eigenvalue weighted by atomic mass is 10.1. The van der Waals surface area contributed by atoms with Gasteiger partial charge >= 0.3 is 0 Å². The Kier molecular flexibility index (Phi) is 6.79. The summed E-state index contributed by atoms with van der Waals surface area (Å²) in [6.07, 6.45) is 1.67. The molecule has 2 aromatic carbocycles. The number of ether oxygens (including phenoxy) is 1. The maximum absolute atomic E-state index is 12.6. The number of amides is 2. The minimum absolute atomic E-state index is 0.0844. The van der Waals surface area contributed by atoms with E-state index in [1.54, 1.807) is 29.2 Å². The highest BCUT2D eigenvalue weighted by atomic mass is 35.5. The van der Waals surface area contributed by atoms with Gasteiger partial charge in [0, 0.05) is 30.1 Å². The van der Waals surface area contributed by atoms with E-state index in [9.17, 15) is 9.59 Å². The molecule has 1 aromatic heterocycles. The van der Waals surface area contributed by atoms with Gasteiger partial charge < -0.3 is 15.0 Å². The Labute approximate surface area is 189 Å². The van der Waals surface area contributed by atoms with Gasteiger partial charge in [-0.15, -0.1) is 10.2 Å². The van der Waals surface area contributed by atoms with E-state index in [1.165, 1.54) is 11.3 Å². The number of aromatic nitrogens is 2. The van der Waals surface area contributed by atoms with Crippen molar-refractivity contribution in [3.05, 3.63) is 64.6 Å². The van der Waals surface area contributed by atoms with Crippen molar-refractivity contribution < 1.29 is 14.3 Å². The van der Waals surface area contributed by atoms with Crippen molar-refractivity contribution in [1.29, 1.82) is 0 Å². The normalized spacial score (nSPS) is 15.8. The Bertz CT molecular complexity index is 1040. The number of carbonyl (C=O) groups is 2. The Morgan fingerprint density at radius 2 is 1.94 bits per heavy atom. The number of aryl methyl sites for hydroxylation is 1. The monoisotopic (exact) mass is 456 g/mol. The first kappa shape index (κ1) is 21.3. The van der Waals surface area contributed by atoms with Gasteiger partial charge in [0.1, 0.15) is 10.8 Å². The fraction of sp³-hybridized carbons (Fsp3) is 0.273. The number of para-hydroxylation sites is 1. The average Bonchev–Trinajstić information content (AvgIpc) is 3.39. The topological polar surface area (TPSA) is 84.4 Å². The van der Waals surface area contributed by atoms with Crippen LogP contribution >= 0.6 is 22.9 Å². The molecule has 2 heterocycles. The fourth-order valence-corrected chi connectivity index (χ4v) is 4.21. The summed E-state index contributed by atoms with van der Waals surface area (Å²) in [6.45, 7) is 0.908. The summed E-state index contributed by atoms with van der Waals surface area (Å²) in [6, 6.07) is 16.7. The molecule has 1 aliphatic heterocycles. The largest absolute Gasteiger partial charge is 0.494 e. The number of hydrogen-bond donors (Lipinski definition) is 1. The lowest BCUT2D eigenvalue weighted by Crippen LogP contribution is -2.28. The molecule has 1 fully saturated rings. The van der Waals surface area contributed by atoms with Crippen LogP contribution in [-0.4, -0.2) is 35.2 Å². The van der Waals surface area contributed by atoms with Gasteiger partial charge in [0.2, 0.25) is 16.9 Å². The van der Waals surface area contributed by atoms with E-state index >= 15 is 0 Å². The van der Waals surface area contributed by atoms with Crippen LogP contribution in [0.1, 0.15) is 17.8 Å². The molecule has 1 atom stereocenters. The van der Waals surface area contributed by atoms with Crippen molar-refractivity contribution in [3.8, 4) is 5.75 Å². The zero-order chi connectivity index (χ0) is 21.6. The van der Waals surface area contributed by atoms with Crippen molar-refractivity contribution >= 4 is 45.6 Å². The Morgan fingerprint density at radius 3 is 2.71 bits per heavy atom. The van der Waals surface area contributed by atoms with Gasteiger partial charge in [0.15, 0.2) is 0 Å². The molecule has 160 valence electrons. The zero-order valence-corrected chi connectivity index (χ0v) is 18.2. The first-order valence-corrected chi connectivity index (χ1v) is 11.1. The first-order valence-electron chi connectivity index (χ1n) is 9.95. The van der Waals surface area contributed by atoms with Crippen molar-refractivity contribution in [3.63, 3.8) is 0 Å². The molecular weight excluding hydrogens is 436 g/mol. The van der Waals surface area contributed by atoms with E-state index in [0.717, 1.165) is 22.9 Å². The van der Waals surface area contributed by atoms with E-state index in [-0.39, 0.29) is 18.2 Å². The van der Waals surface area contributed by atoms with Gasteiger partial charge in [0.05, 0.1) is 12.5 Å². The minimum Gasteiger partial charge on any atom is -0.494 e. The number of rotatable bonds is 8. The third-order valence-electron chi connectivity index (χ3n) is 4.88. The Morgan fingerprint density at radius 1 is 1.16 bits per heavy atom. The van der Waals surface area contributed by atoms with E-state index in [0.29, 0.717) is 29.7 Å². The lowest BCUT2D eigenvalue weighted by Gasteiger charge is -2.16. The molecule has 0 radical (unpaired) electrons. The van der Waals surface area contributed by atoms with Crippen LogP contribution in [0, 0.1) is 5.92 Å². The maximum atomic E-state index is 12.6. The standard InChI is InChI=1S/C22H21ClN4O3S/c23-16-8-10-17(11-9-16)27-14-15(13-20(27)28)21(29)24-22-26-25-19(31-22)7-4-12-30-18-5-2-1-3-6-18/h1-3,5-6,8-11,15H,4,7,12-14H2,(H,24,26,29). The van der Waals surface area contributed by atoms with Crippen LogP contribution in [0.15, 0.2) is 54.6 Å². The number of hydrogen-bond acceptors (Lipinski definition) is 6. The highest BCUT2D eigenvalue weighted by molar-refractivity contribution is 7.15. The van der Waals surface area contributed by atoms with Gasteiger partial charge in [-0.05, 0) is 42.8 Å². The van der Waals surface area contributed by atoms with Gasteiger partial charge in [-0.3, -0.25) is 9.59 Å².